The number of hydrogen-bond donors (Lipinski definition) is 2. The Kier molecular flexibility index (Phi) is 4.22. The van der Waals surface area contributed by atoms with Crippen LogP contribution in [0.15, 0.2) is 52.9 Å². The molecule has 0 aliphatic rings. The van der Waals surface area contributed by atoms with E-state index < -0.39 is 11.7 Å². The Bertz CT molecular complexity index is 829. The number of nitrogens with zero attached hydrogens (tertiary/aromatic N) is 2. The summed E-state index contributed by atoms with van der Waals surface area (Å²) >= 11 is 0. The van der Waals surface area contributed by atoms with Crippen LogP contribution in [0, 0.1) is 0 Å². The molecule has 1 heterocycles. The Morgan fingerprint density at radius 1 is 1.00 bits per heavy atom. The molecule has 0 amide bonds. The van der Waals surface area contributed by atoms with Crippen LogP contribution in [0.2, 0.25) is 0 Å². The maximum atomic E-state index is 12.6. The van der Waals surface area contributed by atoms with Crippen molar-refractivity contribution in [2.75, 3.05) is 5.32 Å². The number of halogens is 3. The average Bonchev–Trinajstić information content (AvgIpc) is 3.04. The molecule has 124 valence electrons. The van der Waals surface area contributed by atoms with Crippen LogP contribution in [0.3, 0.4) is 0 Å². The average molecular weight is 335 g/mol. The van der Waals surface area contributed by atoms with Gasteiger partial charge in [-0.1, -0.05) is 12.1 Å². The first-order chi connectivity index (χ1) is 11.5. The number of nitrogens with one attached hydrogen (secondary N) is 1. The summed E-state index contributed by atoms with van der Waals surface area (Å²) in [5, 5.41) is 19.5. The zero-order valence-electron chi connectivity index (χ0n) is 12.2. The third-order valence-corrected chi connectivity index (χ3v) is 3.25. The Morgan fingerprint density at radius 2 is 1.71 bits per heavy atom. The molecule has 0 radical (unpaired) electrons. The van der Waals surface area contributed by atoms with Crippen LogP contribution in [0.4, 0.5) is 24.5 Å². The molecule has 2 aromatic carbocycles. The molecule has 0 aliphatic heterocycles. The second kappa shape index (κ2) is 6.32. The Balaban J connectivity index is 1.88. The molecular weight excluding hydrogens is 323 g/mol. The van der Waals surface area contributed by atoms with Crippen molar-refractivity contribution >= 4 is 11.4 Å². The SMILES string of the molecule is OCc1nnc(-c2ccccc2Nc2ccc(C(F)(F)F)cc2)o1. The van der Waals surface area contributed by atoms with E-state index in [4.69, 9.17) is 9.52 Å². The third kappa shape index (κ3) is 3.38. The molecule has 1 aromatic heterocycles. The third-order valence-electron chi connectivity index (χ3n) is 3.25. The molecule has 3 rings (SSSR count). The molecule has 2 N–H and O–H groups in total. The van der Waals surface area contributed by atoms with Crippen molar-refractivity contribution in [3.8, 4) is 11.5 Å². The monoisotopic (exact) mass is 335 g/mol. The van der Waals surface area contributed by atoms with Gasteiger partial charge in [-0.15, -0.1) is 10.2 Å². The lowest BCUT2D eigenvalue weighted by Gasteiger charge is -2.11. The van der Waals surface area contributed by atoms with Crippen LogP contribution in [-0.2, 0) is 12.8 Å². The van der Waals surface area contributed by atoms with Gasteiger partial charge < -0.3 is 14.8 Å². The van der Waals surface area contributed by atoms with Crippen LogP contribution < -0.4 is 5.32 Å². The van der Waals surface area contributed by atoms with E-state index in [2.05, 4.69) is 15.5 Å². The van der Waals surface area contributed by atoms with E-state index in [1.54, 1.807) is 24.3 Å². The van der Waals surface area contributed by atoms with Crippen LogP contribution >= 0.6 is 0 Å². The van der Waals surface area contributed by atoms with Gasteiger partial charge in [0.05, 0.1) is 16.8 Å². The topological polar surface area (TPSA) is 71.2 Å². The maximum Gasteiger partial charge on any atom is 0.416 e. The van der Waals surface area contributed by atoms with Gasteiger partial charge in [0.1, 0.15) is 6.61 Å². The highest BCUT2D eigenvalue weighted by atomic mass is 19.4. The van der Waals surface area contributed by atoms with Crippen LogP contribution in [0.1, 0.15) is 11.5 Å². The molecular formula is C16H12F3N3O2. The van der Waals surface area contributed by atoms with Gasteiger partial charge in [-0.25, -0.2) is 0 Å². The summed E-state index contributed by atoms with van der Waals surface area (Å²) < 4.78 is 43.1. The molecule has 24 heavy (non-hydrogen) atoms. The highest BCUT2D eigenvalue weighted by Gasteiger charge is 2.29. The summed E-state index contributed by atoms with van der Waals surface area (Å²) in [6, 6.07) is 11.7. The zero-order chi connectivity index (χ0) is 17.2. The summed E-state index contributed by atoms with van der Waals surface area (Å²) in [6.45, 7) is -0.374. The van der Waals surface area contributed by atoms with E-state index >= 15 is 0 Å². The van der Waals surface area contributed by atoms with Gasteiger partial charge in [-0.2, -0.15) is 13.2 Å². The molecule has 8 heteroatoms. The van der Waals surface area contributed by atoms with Gasteiger partial charge in [-0.05, 0) is 36.4 Å². The van der Waals surface area contributed by atoms with Crippen LogP contribution in [0.5, 0.6) is 0 Å². The second-order valence-electron chi connectivity index (χ2n) is 4.90. The van der Waals surface area contributed by atoms with Gasteiger partial charge in [-0.3, -0.25) is 0 Å². The zero-order valence-corrected chi connectivity index (χ0v) is 12.2. The van der Waals surface area contributed by atoms with E-state index in [0.717, 1.165) is 12.1 Å². The lowest BCUT2D eigenvalue weighted by atomic mass is 10.1. The summed E-state index contributed by atoms with van der Waals surface area (Å²) in [7, 11) is 0. The minimum absolute atomic E-state index is 0.0781. The van der Waals surface area contributed by atoms with Gasteiger partial charge >= 0.3 is 6.18 Å². The highest BCUT2D eigenvalue weighted by Crippen LogP contribution is 2.32. The number of rotatable bonds is 4. The standard InChI is InChI=1S/C16H12F3N3O2/c17-16(18,19)10-5-7-11(8-6-10)20-13-4-2-1-3-12(13)15-22-21-14(9-23)24-15/h1-8,20,23H,9H2. The predicted molar refractivity (Wildman–Crippen MR) is 80.4 cm³/mol. The fourth-order valence-electron chi connectivity index (χ4n) is 2.10. The number of aliphatic hydroxyl groups is 1. The van der Waals surface area contributed by atoms with Crippen LogP contribution in [-0.4, -0.2) is 15.3 Å². The minimum Gasteiger partial charge on any atom is -0.418 e. The fourth-order valence-corrected chi connectivity index (χ4v) is 2.10. The van der Waals surface area contributed by atoms with Crippen molar-refractivity contribution in [3.05, 3.63) is 60.0 Å². The van der Waals surface area contributed by atoms with E-state index in [0.29, 0.717) is 16.9 Å². The summed E-state index contributed by atoms with van der Waals surface area (Å²) in [6.07, 6.45) is -4.37. The quantitative estimate of drug-likeness (QED) is 0.754. The predicted octanol–water partition coefficient (Wildman–Crippen LogP) is 3.99. The molecule has 3 aromatic rings. The fraction of sp³-hybridized carbons (Fsp3) is 0.125. The van der Waals surface area contributed by atoms with Crippen molar-refractivity contribution in [1.82, 2.24) is 10.2 Å². The molecule has 0 fully saturated rings. The number of hydrogen-bond acceptors (Lipinski definition) is 5. The summed E-state index contributed by atoms with van der Waals surface area (Å²) in [5.41, 5.74) is 0.929. The second-order valence-corrected chi connectivity index (χ2v) is 4.90. The molecule has 0 aliphatic carbocycles. The number of alkyl halides is 3. The Morgan fingerprint density at radius 3 is 2.33 bits per heavy atom. The van der Waals surface area contributed by atoms with E-state index in [9.17, 15) is 13.2 Å². The van der Waals surface area contributed by atoms with Crippen LogP contribution in [0.25, 0.3) is 11.5 Å². The number of para-hydroxylation sites is 1. The summed E-state index contributed by atoms with van der Waals surface area (Å²) in [5.74, 6) is 0.281. The molecule has 5 nitrogen and oxygen atoms in total. The first kappa shape index (κ1) is 16.0. The van der Waals surface area contributed by atoms with Gasteiger partial charge in [0.25, 0.3) is 0 Å². The molecule has 0 bridgehead atoms. The number of aliphatic hydroxyl groups excluding tert-OH is 1. The number of benzene rings is 2. The van der Waals surface area contributed by atoms with E-state index in [1.165, 1.54) is 12.1 Å². The lowest BCUT2D eigenvalue weighted by Crippen LogP contribution is -2.04. The number of anilines is 2. The Hall–Kier alpha value is -2.87. The van der Waals surface area contributed by atoms with Gasteiger partial charge in [0, 0.05) is 5.69 Å². The van der Waals surface area contributed by atoms with Crippen molar-refractivity contribution in [3.63, 3.8) is 0 Å². The first-order valence-electron chi connectivity index (χ1n) is 6.94. The summed E-state index contributed by atoms with van der Waals surface area (Å²) in [4.78, 5) is 0. The van der Waals surface area contributed by atoms with E-state index in [-0.39, 0.29) is 18.4 Å². The molecule has 0 saturated carbocycles. The van der Waals surface area contributed by atoms with Gasteiger partial charge in [0.2, 0.25) is 11.8 Å². The molecule has 0 spiro atoms. The minimum atomic E-state index is -4.37. The van der Waals surface area contributed by atoms with Gasteiger partial charge in [0.15, 0.2) is 0 Å². The smallest absolute Gasteiger partial charge is 0.416 e. The largest absolute Gasteiger partial charge is 0.418 e. The maximum absolute atomic E-state index is 12.6. The van der Waals surface area contributed by atoms with Crippen molar-refractivity contribution in [2.45, 2.75) is 12.8 Å². The molecule has 0 atom stereocenters. The molecule has 0 unspecified atom stereocenters. The highest BCUT2D eigenvalue weighted by molar-refractivity contribution is 5.76. The van der Waals surface area contributed by atoms with Crippen molar-refractivity contribution in [2.24, 2.45) is 0 Å². The van der Waals surface area contributed by atoms with E-state index in [1.807, 2.05) is 0 Å². The first-order valence-corrected chi connectivity index (χ1v) is 6.94. The molecule has 0 saturated heterocycles. The lowest BCUT2D eigenvalue weighted by molar-refractivity contribution is -0.137. The van der Waals surface area contributed by atoms with Crippen molar-refractivity contribution in [1.29, 1.82) is 0 Å². The van der Waals surface area contributed by atoms with Crippen molar-refractivity contribution < 1.29 is 22.7 Å². The number of aromatic nitrogens is 2. The Labute approximate surface area is 134 Å². The normalized spacial score (nSPS) is 11.5.